The zero-order chi connectivity index (χ0) is 14.3. The van der Waals surface area contributed by atoms with E-state index in [0.29, 0.717) is 6.04 Å². The zero-order valence-corrected chi connectivity index (χ0v) is 13.1. The number of benzene rings is 1. The van der Waals surface area contributed by atoms with E-state index >= 15 is 0 Å². The third-order valence-electron chi connectivity index (χ3n) is 3.26. The third kappa shape index (κ3) is 5.33. The van der Waals surface area contributed by atoms with Crippen molar-refractivity contribution in [2.24, 2.45) is 0 Å². The van der Waals surface area contributed by atoms with E-state index in [1.54, 1.807) is 0 Å². The molecule has 0 saturated heterocycles. The quantitative estimate of drug-likeness (QED) is 0.749. The molecule has 2 nitrogen and oxygen atoms in total. The van der Waals surface area contributed by atoms with Crippen molar-refractivity contribution in [3.8, 4) is 0 Å². The highest BCUT2D eigenvalue weighted by atomic mass is 16.5. The standard InChI is InChI=1S/C17H29NO/c1-6-12-19-13-16(18-7-2)14-8-10-15(11-9-14)17(3,4)5/h8-11,16,18H,6-7,12-13H2,1-5H3. The smallest absolute Gasteiger partial charge is 0.0661 e. The van der Waals surface area contributed by atoms with E-state index in [-0.39, 0.29) is 5.41 Å². The average Bonchev–Trinajstić information content (AvgIpc) is 2.37. The van der Waals surface area contributed by atoms with Gasteiger partial charge in [0.05, 0.1) is 12.6 Å². The normalized spacial score (nSPS) is 13.5. The lowest BCUT2D eigenvalue weighted by atomic mass is 9.86. The van der Waals surface area contributed by atoms with Gasteiger partial charge < -0.3 is 10.1 Å². The second-order valence-corrected chi connectivity index (χ2v) is 6.06. The fraction of sp³-hybridized carbons (Fsp3) is 0.647. The summed E-state index contributed by atoms with van der Waals surface area (Å²) in [5, 5.41) is 3.49. The van der Waals surface area contributed by atoms with Gasteiger partial charge in [-0.25, -0.2) is 0 Å². The molecule has 1 unspecified atom stereocenters. The molecule has 2 heteroatoms. The molecule has 1 atom stereocenters. The molecule has 0 saturated carbocycles. The van der Waals surface area contributed by atoms with Crippen LogP contribution in [-0.4, -0.2) is 19.8 Å². The molecule has 0 aromatic heterocycles. The van der Waals surface area contributed by atoms with E-state index in [0.717, 1.165) is 26.2 Å². The van der Waals surface area contributed by atoms with Crippen molar-refractivity contribution >= 4 is 0 Å². The maximum Gasteiger partial charge on any atom is 0.0661 e. The van der Waals surface area contributed by atoms with Gasteiger partial charge in [-0.15, -0.1) is 0 Å². The first-order valence-corrected chi connectivity index (χ1v) is 7.40. The van der Waals surface area contributed by atoms with Crippen LogP contribution < -0.4 is 5.32 Å². The molecular formula is C17H29NO. The predicted octanol–water partition coefficient (Wildman–Crippen LogP) is 4.06. The van der Waals surface area contributed by atoms with E-state index in [1.807, 2.05) is 0 Å². The minimum Gasteiger partial charge on any atom is -0.379 e. The topological polar surface area (TPSA) is 21.3 Å². The van der Waals surface area contributed by atoms with Crippen molar-refractivity contribution in [1.29, 1.82) is 0 Å². The maximum absolute atomic E-state index is 5.69. The highest BCUT2D eigenvalue weighted by Crippen LogP contribution is 2.24. The van der Waals surface area contributed by atoms with Gasteiger partial charge in [-0.05, 0) is 29.5 Å². The van der Waals surface area contributed by atoms with Crippen LogP contribution in [0.4, 0.5) is 0 Å². The molecule has 0 aliphatic heterocycles. The summed E-state index contributed by atoms with van der Waals surface area (Å²) in [6.07, 6.45) is 1.07. The van der Waals surface area contributed by atoms with E-state index < -0.39 is 0 Å². The summed E-state index contributed by atoms with van der Waals surface area (Å²) in [6.45, 7) is 13.5. The highest BCUT2D eigenvalue weighted by molar-refractivity contribution is 5.29. The van der Waals surface area contributed by atoms with Gasteiger partial charge in [0, 0.05) is 6.61 Å². The predicted molar refractivity (Wildman–Crippen MR) is 82.7 cm³/mol. The Balaban J connectivity index is 2.73. The van der Waals surface area contributed by atoms with Gasteiger partial charge in [0.15, 0.2) is 0 Å². The van der Waals surface area contributed by atoms with Crippen molar-refractivity contribution in [3.63, 3.8) is 0 Å². The van der Waals surface area contributed by atoms with Gasteiger partial charge in [-0.2, -0.15) is 0 Å². The van der Waals surface area contributed by atoms with Gasteiger partial charge in [0.1, 0.15) is 0 Å². The first kappa shape index (κ1) is 16.2. The van der Waals surface area contributed by atoms with Crippen molar-refractivity contribution in [1.82, 2.24) is 5.32 Å². The summed E-state index contributed by atoms with van der Waals surface area (Å²) in [4.78, 5) is 0. The third-order valence-corrected chi connectivity index (χ3v) is 3.26. The molecule has 0 aliphatic rings. The molecule has 0 fully saturated rings. The van der Waals surface area contributed by atoms with Crippen molar-refractivity contribution < 1.29 is 4.74 Å². The lowest BCUT2D eigenvalue weighted by molar-refractivity contribution is 0.112. The van der Waals surface area contributed by atoms with Crippen molar-refractivity contribution in [2.75, 3.05) is 19.8 Å². The van der Waals surface area contributed by atoms with Crippen LogP contribution in [0.3, 0.4) is 0 Å². The van der Waals surface area contributed by atoms with Crippen LogP contribution >= 0.6 is 0 Å². The van der Waals surface area contributed by atoms with Crippen LogP contribution in [0.15, 0.2) is 24.3 Å². The van der Waals surface area contributed by atoms with Crippen LogP contribution in [0.25, 0.3) is 0 Å². The summed E-state index contributed by atoms with van der Waals surface area (Å²) >= 11 is 0. The monoisotopic (exact) mass is 263 g/mol. The van der Waals surface area contributed by atoms with Crippen LogP contribution in [0.1, 0.15) is 58.2 Å². The van der Waals surface area contributed by atoms with Crippen LogP contribution in [0.5, 0.6) is 0 Å². The second-order valence-electron chi connectivity index (χ2n) is 6.06. The maximum atomic E-state index is 5.69. The number of hydrogen-bond donors (Lipinski definition) is 1. The summed E-state index contributed by atoms with van der Waals surface area (Å²) in [6, 6.07) is 9.22. The molecule has 0 spiro atoms. The Bertz CT molecular complexity index is 351. The van der Waals surface area contributed by atoms with Gasteiger partial charge >= 0.3 is 0 Å². The molecule has 1 aromatic carbocycles. The van der Waals surface area contributed by atoms with Crippen LogP contribution in [0.2, 0.25) is 0 Å². The largest absolute Gasteiger partial charge is 0.379 e. The molecule has 19 heavy (non-hydrogen) atoms. The second kappa shape index (κ2) is 7.66. The summed E-state index contributed by atoms with van der Waals surface area (Å²) in [5.74, 6) is 0. The fourth-order valence-corrected chi connectivity index (χ4v) is 2.08. The lowest BCUT2D eigenvalue weighted by Gasteiger charge is -2.22. The molecule has 0 heterocycles. The van der Waals surface area contributed by atoms with E-state index in [4.69, 9.17) is 4.74 Å². The van der Waals surface area contributed by atoms with Crippen molar-refractivity contribution in [3.05, 3.63) is 35.4 Å². The molecule has 108 valence electrons. The van der Waals surface area contributed by atoms with Gasteiger partial charge in [-0.3, -0.25) is 0 Å². The molecule has 0 radical (unpaired) electrons. The van der Waals surface area contributed by atoms with E-state index in [9.17, 15) is 0 Å². The molecule has 0 amide bonds. The Hall–Kier alpha value is -0.860. The minimum atomic E-state index is 0.213. The Morgan fingerprint density at radius 1 is 1.11 bits per heavy atom. The van der Waals surface area contributed by atoms with Crippen molar-refractivity contribution in [2.45, 2.75) is 52.5 Å². The zero-order valence-electron chi connectivity index (χ0n) is 13.1. The van der Waals surface area contributed by atoms with E-state index in [2.05, 4.69) is 64.2 Å². The first-order valence-electron chi connectivity index (χ1n) is 7.40. The number of rotatable bonds is 7. The average molecular weight is 263 g/mol. The van der Waals surface area contributed by atoms with Gasteiger partial charge in [0.2, 0.25) is 0 Å². The molecule has 1 N–H and O–H groups in total. The Morgan fingerprint density at radius 3 is 2.21 bits per heavy atom. The summed E-state index contributed by atoms with van der Waals surface area (Å²) < 4.78 is 5.69. The van der Waals surface area contributed by atoms with Crippen LogP contribution in [-0.2, 0) is 10.2 Å². The van der Waals surface area contributed by atoms with E-state index in [1.165, 1.54) is 11.1 Å². The Kier molecular flexibility index (Phi) is 6.53. The first-order chi connectivity index (χ1) is 8.99. The fourth-order valence-electron chi connectivity index (χ4n) is 2.08. The van der Waals surface area contributed by atoms with Crippen LogP contribution in [0, 0.1) is 0 Å². The molecule has 0 bridgehead atoms. The summed E-state index contributed by atoms with van der Waals surface area (Å²) in [5.41, 5.74) is 2.90. The lowest BCUT2D eigenvalue weighted by Crippen LogP contribution is -2.25. The number of ether oxygens (including phenoxy) is 1. The minimum absolute atomic E-state index is 0.213. The number of likely N-dealkylation sites (N-methyl/N-ethyl adjacent to an activating group) is 1. The number of hydrogen-bond acceptors (Lipinski definition) is 2. The summed E-state index contributed by atoms with van der Waals surface area (Å²) in [7, 11) is 0. The number of nitrogens with one attached hydrogen (secondary N) is 1. The Labute approximate surface area is 118 Å². The molecule has 1 aromatic rings. The highest BCUT2D eigenvalue weighted by Gasteiger charge is 2.15. The molecule has 1 rings (SSSR count). The van der Waals surface area contributed by atoms with Gasteiger partial charge in [-0.1, -0.05) is 58.9 Å². The Morgan fingerprint density at radius 2 is 1.74 bits per heavy atom. The molecule has 0 aliphatic carbocycles. The molecular weight excluding hydrogens is 234 g/mol. The SMILES string of the molecule is CCCOCC(NCC)c1ccc(C(C)(C)C)cc1. The van der Waals surface area contributed by atoms with Gasteiger partial charge in [0.25, 0.3) is 0 Å².